The number of aliphatic hydroxyl groups is 4. The summed E-state index contributed by atoms with van der Waals surface area (Å²) < 4.78 is 21.4. The number of aliphatic hydroxyl groups excluding tert-OH is 4. The van der Waals surface area contributed by atoms with Gasteiger partial charge in [-0.25, -0.2) is 4.79 Å². The van der Waals surface area contributed by atoms with E-state index in [1.165, 1.54) is 13.4 Å². The number of allylic oxidation sites excluding steroid dienone is 1. The Kier molecular flexibility index (Phi) is 5.66. The summed E-state index contributed by atoms with van der Waals surface area (Å²) in [5.74, 6) is -0.957. The SMILES string of the molecule is COC(=O)C1=CO[C@@H](O[C@@H]2O[C@H](CO)[C@@H](O)[C@H](O)[C@H]2O)[C@@H]2C(C)=CC[C@H]12. The highest BCUT2D eigenvalue weighted by atomic mass is 16.8. The number of fused-ring (bicyclic) bond motifs is 1. The molecule has 2 heterocycles. The van der Waals surface area contributed by atoms with Crippen LogP contribution in [0.3, 0.4) is 0 Å². The molecule has 4 N–H and O–H groups in total. The highest BCUT2D eigenvalue weighted by molar-refractivity contribution is 5.89. The lowest BCUT2D eigenvalue weighted by molar-refractivity contribution is -0.339. The molecule has 146 valence electrons. The van der Waals surface area contributed by atoms with Crippen LogP contribution in [0.4, 0.5) is 0 Å². The fraction of sp³-hybridized carbons (Fsp3) is 0.706. The van der Waals surface area contributed by atoms with Crippen molar-refractivity contribution in [3.63, 3.8) is 0 Å². The molecule has 3 aliphatic rings. The number of hydrogen-bond donors (Lipinski definition) is 4. The second-order valence-corrected chi connectivity index (χ2v) is 6.72. The van der Waals surface area contributed by atoms with Crippen LogP contribution in [0, 0.1) is 11.8 Å². The zero-order valence-corrected chi connectivity index (χ0v) is 14.5. The first-order valence-electron chi connectivity index (χ1n) is 8.45. The monoisotopic (exact) mass is 372 g/mol. The molecule has 0 aromatic rings. The van der Waals surface area contributed by atoms with E-state index in [2.05, 4.69) is 0 Å². The Morgan fingerprint density at radius 3 is 2.62 bits per heavy atom. The van der Waals surface area contributed by atoms with Crippen molar-refractivity contribution < 1.29 is 44.2 Å². The molecule has 3 rings (SSSR count). The highest BCUT2D eigenvalue weighted by Gasteiger charge is 2.49. The van der Waals surface area contributed by atoms with E-state index in [0.29, 0.717) is 12.0 Å². The zero-order valence-electron chi connectivity index (χ0n) is 14.5. The number of ether oxygens (including phenoxy) is 4. The van der Waals surface area contributed by atoms with Crippen LogP contribution in [0.5, 0.6) is 0 Å². The van der Waals surface area contributed by atoms with Gasteiger partial charge in [0, 0.05) is 11.8 Å². The number of esters is 1. The van der Waals surface area contributed by atoms with E-state index in [4.69, 9.17) is 18.9 Å². The van der Waals surface area contributed by atoms with Crippen LogP contribution in [-0.4, -0.2) is 77.1 Å². The van der Waals surface area contributed by atoms with Crippen LogP contribution in [-0.2, 0) is 23.7 Å². The molecule has 26 heavy (non-hydrogen) atoms. The summed E-state index contributed by atoms with van der Waals surface area (Å²) in [6.45, 7) is 1.34. The Bertz CT molecular complexity index is 599. The number of methoxy groups -OCH3 is 1. The summed E-state index contributed by atoms with van der Waals surface area (Å²) >= 11 is 0. The van der Waals surface area contributed by atoms with Gasteiger partial charge in [-0.2, -0.15) is 0 Å². The van der Waals surface area contributed by atoms with Gasteiger partial charge in [0.2, 0.25) is 6.29 Å². The van der Waals surface area contributed by atoms with Gasteiger partial charge in [0.15, 0.2) is 6.29 Å². The van der Waals surface area contributed by atoms with Crippen molar-refractivity contribution in [2.75, 3.05) is 13.7 Å². The van der Waals surface area contributed by atoms with Crippen molar-refractivity contribution in [3.8, 4) is 0 Å². The minimum Gasteiger partial charge on any atom is -0.471 e. The quantitative estimate of drug-likeness (QED) is 0.354. The maximum Gasteiger partial charge on any atom is 0.337 e. The van der Waals surface area contributed by atoms with E-state index in [-0.39, 0.29) is 11.8 Å². The Hall–Kier alpha value is -1.49. The molecular weight excluding hydrogens is 348 g/mol. The molecule has 0 aromatic carbocycles. The maximum atomic E-state index is 11.9. The first-order chi connectivity index (χ1) is 12.4. The summed E-state index contributed by atoms with van der Waals surface area (Å²) in [7, 11) is 1.30. The lowest BCUT2D eigenvalue weighted by Crippen LogP contribution is -2.60. The molecule has 8 atom stereocenters. The largest absolute Gasteiger partial charge is 0.471 e. The topological polar surface area (TPSA) is 135 Å². The van der Waals surface area contributed by atoms with Gasteiger partial charge in [-0.15, -0.1) is 0 Å². The Morgan fingerprint density at radius 1 is 1.23 bits per heavy atom. The van der Waals surface area contributed by atoms with Gasteiger partial charge in [0.05, 0.1) is 25.6 Å². The van der Waals surface area contributed by atoms with Gasteiger partial charge >= 0.3 is 5.97 Å². The third-order valence-corrected chi connectivity index (χ3v) is 5.21. The molecule has 1 fully saturated rings. The molecular formula is C17H24O9. The Labute approximate surface area is 150 Å². The van der Waals surface area contributed by atoms with Crippen molar-refractivity contribution in [2.45, 2.75) is 50.3 Å². The normalized spacial score (nSPS) is 42.4. The van der Waals surface area contributed by atoms with E-state index in [0.717, 1.165) is 5.57 Å². The molecule has 9 nitrogen and oxygen atoms in total. The van der Waals surface area contributed by atoms with Gasteiger partial charge < -0.3 is 39.4 Å². The summed E-state index contributed by atoms with van der Waals surface area (Å²) in [5, 5.41) is 39.1. The number of hydrogen-bond acceptors (Lipinski definition) is 9. The van der Waals surface area contributed by atoms with E-state index < -0.39 is 49.6 Å². The predicted octanol–water partition coefficient (Wildman–Crippen LogP) is -1.20. The summed E-state index contributed by atoms with van der Waals surface area (Å²) in [6, 6.07) is 0. The van der Waals surface area contributed by atoms with E-state index in [1.54, 1.807) is 0 Å². The molecule has 0 amide bonds. The Balaban J connectivity index is 1.78. The van der Waals surface area contributed by atoms with E-state index in [9.17, 15) is 25.2 Å². The first kappa shape index (κ1) is 19.3. The van der Waals surface area contributed by atoms with Crippen molar-refractivity contribution in [1.82, 2.24) is 0 Å². The first-order valence-corrected chi connectivity index (χ1v) is 8.45. The van der Waals surface area contributed by atoms with Crippen LogP contribution in [0.15, 0.2) is 23.5 Å². The minimum atomic E-state index is -1.54. The molecule has 1 aliphatic carbocycles. The molecule has 9 heteroatoms. The standard InChI is InChI=1S/C17H24O9/c1-7-3-4-8-9(15(22)23-2)6-24-16(11(7)8)26-17-14(21)13(20)12(19)10(5-18)25-17/h3,6,8,10-14,16-21H,4-5H2,1-2H3/t8-,10-,11-,12-,13+,14-,16+,17+/m1/s1. The molecule has 0 spiro atoms. The van der Waals surface area contributed by atoms with E-state index >= 15 is 0 Å². The molecule has 1 saturated heterocycles. The molecule has 0 bridgehead atoms. The lowest BCUT2D eigenvalue weighted by Gasteiger charge is -2.42. The smallest absolute Gasteiger partial charge is 0.337 e. The average molecular weight is 372 g/mol. The summed E-state index contributed by atoms with van der Waals surface area (Å²) in [5.41, 5.74) is 1.36. The Morgan fingerprint density at radius 2 is 1.96 bits per heavy atom. The molecule has 0 aromatic heterocycles. The van der Waals surface area contributed by atoms with E-state index in [1.807, 2.05) is 13.0 Å². The fourth-order valence-electron chi connectivity index (χ4n) is 3.70. The molecule has 2 aliphatic heterocycles. The lowest BCUT2D eigenvalue weighted by atomic mass is 9.84. The maximum absolute atomic E-state index is 11.9. The van der Waals surface area contributed by atoms with Crippen LogP contribution < -0.4 is 0 Å². The van der Waals surface area contributed by atoms with Crippen LogP contribution in [0.25, 0.3) is 0 Å². The van der Waals surface area contributed by atoms with Crippen molar-refractivity contribution in [3.05, 3.63) is 23.5 Å². The van der Waals surface area contributed by atoms with Crippen molar-refractivity contribution in [2.24, 2.45) is 11.8 Å². The molecule has 0 unspecified atom stereocenters. The average Bonchev–Trinajstić information content (AvgIpc) is 3.04. The van der Waals surface area contributed by atoms with Crippen molar-refractivity contribution in [1.29, 1.82) is 0 Å². The third kappa shape index (κ3) is 3.26. The third-order valence-electron chi connectivity index (χ3n) is 5.21. The number of carbonyl (C=O) groups excluding carboxylic acids is 1. The summed E-state index contributed by atoms with van der Waals surface area (Å²) in [4.78, 5) is 11.9. The number of carbonyl (C=O) groups is 1. The summed E-state index contributed by atoms with van der Waals surface area (Å²) in [6.07, 6.45) is -3.88. The fourth-order valence-corrected chi connectivity index (χ4v) is 3.70. The van der Waals surface area contributed by atoms with Crippen molar-refractivity contribution >= 4 is 5.97 Å². The predicted molar refractivity (Wildman–Crippen MR) is 85.2 cm³/mol. The van der Waals surface area contributed by atoms with Gasteiger partial charge in [0.25, 0.3) is 0 Å². The second kappa shape index (κ2) is 7.63. The molecule has 0 radical (unpaired) electrons. The van der Waals surface area contributed by atoms with Crippen LogP contribution >= 0.6 is 0 Å². The van der Waals surface area contributed by atoms with Gasteiger partial charge in [-0.3, -0.25) is 0 Å². The highest BCUT2D eigenvalue weighted by Crippen LogP contribution is 2.44. The zero-order chi connectivity index (χ0) is 19.0. The number of rotatable bonds is 4. The van der Waals surface area contributed by atoms with Gasteiger partial charge in [-0.05, 0) is 13.3 Å². The van der Waals surface area contributed by atoms with Gasteiger partial charge in [0.1, 0.15) is 24.4 Å². The van der Waals surface area contributed by atoms with Crippen LogP contribution in [0.2, 0.25) is 0 Å². The van der Waals surface area contributed by atoms with Gasteiger partial charge in [-0.1, -0.05) is 11.6 Å². The van der Waals surface area contributed by atoms with Crippen LogP contribution in [0.1, 0.15) is 13.3 Å². The second-order valence-electron chi connectivity index (χ2n) is 6.72. The molecule has 0 saturated carbocycles. The minimum absolute atomic E-state index is 0.189.